The topological polar surface area (TPSA) is 104 Å². The molecule has 1 N–H and O–H groups in total. The number of carbonyl (C=O) groups excluding carboxylic acids is 2. The van der Waals surface area contributed by atoms with Gasteiger partial charge in [-0.3, -0.25) is 14.5 Å². The van der Waals surface area contributed by atoms with Crippen molar-refractivity contribution in [3.05, 3.63) is 88.9 Å². The maximum absolute atomic E-state index is 13.0. The maximum atomic E-state index is 13.0. The van der Waals surface area contributed by atoms with E-state index in [9.17, 15) is 14.7 Å². The molecule has 3 aromatic rings. The van der Waals surface area contributed by atoms with Gasteiger partial charge in [0.25, 0.3) is 11.7 Å². The van der Waals surface area contributed by atoms with Gasteiger partial charge < -0.3 is 14.3 Å². The molecule has 2 aliphatic heterocycles. The molecule has 7 nitrogen and oxygen atoms in total. The molecule has 0 saturated carbocycles. The molecule has 1 atom stereocenters. The lowest BCUT2D eigenvalue weighted by Crippen LogP contribution is -2.29. The van der Waals surface area contributed by atoms with Crippen molar-refractivity contribution in [2.75, 3.05) is 11.5 Å². The number of nitrogens with zero attached hydrogens (tertiary/aromatic N) is 2. The van der Waals surface area contributed by atoms with Crippen LogP contribution in [0.15, 0.2) is 70.9 Å². The lowest BCUT2D eigenvalue weighted by atomic mass is 9.97. The number of ether oxygens (including phenoxy) is 1. The van der Waals surface area contributed by atoms with Gasteiger partial charge in [-0.25, -0.2) is 0 Å². The van der Waals surface area contributed by atoms with E-state index in [2.05, 4.69) is 0 Å². The molecule has 31 heavy (non-hydrogen) atoms. The highest BCUT2D eigenvalue weighted by Gasteiger charge is 2.48. The summed E-state index contributed by atoms with van der Waals surface area (Å²) >= 11 is 0. The number of carbonyl (C=O) groups is 2. The lowest BCUT2D eigenvalue weighted by Gasteiger charge is -2.23. The molecular formula is C24H16N2O5. The fourth-order valence-electron chi connectivity index (χ4n) is 4.00. The average molecular weight is 412 g/mol. The average Bonchev–Trinajstić information content (AvgIpc) is 3.53. The molecular weight excluding hydrogens is 396 g/mol. The first-order chi connectivity index (χ1) is 15.1. The van der Waals surface area contributed by atoms with Gasteiger partial charge in [-0.05, 0) is 60.2 Å². The van der Waals surface area contributed by atoms with Gasteiger partial charge in [0, 0.05) is 17.7 Å². The van der Waals surface area contributed by atoms with E-state index in [0.717, 1.165) is 11.3 Å². The predicted octanol–water partition coefficient (Wildman–Crippen LogP) is 3.71. The number of anilines is 1. The van der Waals surface area contributed by atoms with Crippen LogP contribution in [0.3, 0.4) is 0 Å². The van der Waals surface area contributed by atoms with Gasteiger partial charge in [-0.2, -0.15) is 5.26 Å². The second-order valence-corrected chi connectivity index (χ2v) is 7.26. The van der Waals surface area contributed by atoms with Crippen molar-refractivity contribution in [1.29, 1.82) is 5.26 Å². The van der Waals surface area contributed by atoms with Crippen LogP contribution < -0.4 is 9.64 Å². The molecule has 1 unspecified atom stereocenters. The number of hydrogen-bond acceptors (Lipinski definition) is 6. The zero-order valence-corrected chi connectivity index (χ0v) is 16.2. The summed E-state index contributed by atoms with van der Waals surface area (Å²) < 4.78 is 11.0. The number of nitriles is 1. The molecule has 1 saturated heterocycles. The van der Waals surface area contributed by atoms with Crippen molar-refractivity contribution in [3.63, 3.8) is 0 Å². The van der Waals surface area contributed by atoms with Crippen LogP contribution in [-0.2, 0) is 16.0 Å². The van der Waals surface area contributed by atoms with E-state index < -0.39 is 17.7 Å². The van der Waals surface area contributed by atoms with Crippen molar-refractivity contribution >= 4 is 23.1 Å². The summed E-state index contributed by atoms with van der Waals surface area (Å²) in [6.07, 6.45) is 2.15. The van der Waals surface area contributed by atoms with Gasteiger partial charge in [-0.1, -0.05) is 0 Å². The third kappa shape index (κ3) is 2.97. The summed E-state index contributed by atoms with van der Waals surface area (Å²) in [6.45, 7) is 0.565. The minimum atomic E-state index is -0.938. The number of amides is 1. The van der Waals surface area contributed by atoms with Crippen LogP contribution in [0, 0.1) is 11.3 Å². The Morgan fingerprint density at radius 2 is 1.94 bits per heavy atom. The monoisotopic (exact) mass is 412 g/mol. The Hall–Kier alpha value is -4.31. The second-order valence-electron chi connectivity index (χ2n) is 7.26. The Labute approximate surface area is 177 Å². The summed E-state index contributed by atoms with van der Waals surface area (Å²) in [5.74, 6) is -0.769. The molecule has 2 aromatic carbocycles. The fourth-order valence-corrected chi connectivity index (χ4v) is 4.00. The molecule has 2 aliphatic rings. The molecule has 0 radical (unpaired) electrons. The number of aliphatic hydroxyl groups excluding tert-OH is 1. The molecule has 0 spiro atoms. The minimum absolute atomic E-state index is 0.0526. The molecule has 5 rings (SSSR count). The summed E-state index contributed by atoms with van der Waals surface area (Å²) in [5, 5.41) is 20.2. The van der Waals surface area contributed by atoms with Crippen LogP contribution in [0.1, 0.15) is 28.5 Å². The first kappa shape index (κ1) is 18.7. The van der Waals surface area contributed by atoms with E-state index in [0.29, 0.717) is 35.6 Å². The quantitative estimate of drug-likeness (QED) is 0.400. The minimum Gasteiger partial charge on any atom is -0.507 e. The number of hydrogen-bond donors (Lipinski definition) is 1. The van der Waals surface area contributed by atoms with E-state index in [1.165, 1.54) is 11.2 Å². The molecule has 1 amide bonds. The summed E-state index contributed by atoms with van der Waals surface area (Å²) in [6, 6.07) is 15.9. The smallest absolute Gasteiger partial charge is 0.300 e. The van der Waals surface area contributed by atoms with Crippen LogP contribution in [0.2, 0.25) is 0 Å². The third-order valence-corrected chi connectivity index (χ3v) is 5.49. The zero-order valence-electron chi connectivity index (χ0n) is 16.2. The Morgan fingerprint density at radius 3 is 2.65 bits per heavy atom. The van der Waals surface area contributed by atoms with E-state index in [1.807, 2.05) is 6.07 Å². The normalized spacial score (nSPS) is 19.2. The van der Waals surface area contributed by atoms with Gasteiger partial charge in [0.15, 0.2) is 0 Å². The van der Waals surface area contributed by atoms with Crippen LogP contribution in [0.5, 0.6) is 5.75 Å². The number of furan rings is 1. The number of fused-ring (bicyclic) bond motifs is 1. The molecule has 1 fully saturated rings. The highest BCUT2D eigenvalue weighted by Crippen LogP contribution is 2.42. The number of rotatable bonds is 3. The van der Waals surface area contributed by atoms with E-state index in [4.69, 9.17) is 14.4 Å². The predicted molar refractivity (Wildman–Crippen MR) is 110 cm³/mol. The van der Waals surface area contributed by atoms with Gasteiger partial charge in [0.2, 0.25) is 0 Å². The lowest BCUT2D eigenvalue weighted by molar-refractivity contribution is -0.132. The SMILES string of the molecule is N#Cc1ccc(N2C(=O)C(=O)/C(=C(\O)c3ccc4c(c3)CCO4)C2c2ccco2)cc1. The Morgan fingerprint density at radius 1 is 1.13 bits per heavy atom. The third-order valence-electron chi connectivity index (χ3n) is 5.49. The number of ketones is 1. The highest BCUT2D eigenvalue weighted by molar-refractivity contribution is 6.51. The van der Waals surface area contributed by atoms with Gasteiger partial charge >= 0.3 is 0 Å². The number of benzene rings is 2. The second kappa shape index (κ2) is 7.18. The molecule has 152 valence electrons. The van der Waals surface area contributed by atoms with E-state index >= 15 is 0 Å². The van der Waals surface area contributed by atoms with E-state index in [1.54, 1.807) is 54.6 Å². The standard InChI is InChI=1S/C24H16N2O5/c25-13-14-3-6-17(7-4-14)26-21(19-2-1-10-30-19)20(23(28)24(26)29)22(27)16-5-8-18-15(12-16)9-11-31-18/h1-8,10,12,21,27H,9,11H2/b22-20-. The zero-order chi connectivity index (χ0) is 21.5. The Kier molecular flexibility index (Phi) is 4.33. The van der Waals surface area contributed by atoms with Crippen molar-refractivity contribution in [3.8, 4) is 11.8 Å². The largest absolute Gasteiger partial charge is 0.507 e. The molecule has 3 heterocycles. The van der Waals surface area contributed by atoms with Crippen molar-refractivity contribution in [2.24, 2.45) is 0 Å². The van der Waals surface area contributed by atoms with Gasteiger partial charge in [0.1, 0.15) is 23.3 Å². The molecule has 1 aromatic heterocycles. The molecule has 7 heteroatoms. The van der Waals surface area contributed by atoms with Gasteiger partial charge in [0.05, 0.1) is 30.1 Å². The van der Waals surface area contributed by atoms with E-state index in [-0.39, 0.29) is 11.3 Å². The van der Waals surface area contributed by atoms with Crippen molar-refractivity contribution in [2.45, 2.75) is 12.5 Å². The first-order valence-corrected chi connectivity index (χ1v) is 9.69. The highest BCUT2D eigenvalue weighted by atomic mass is 16.5. The first-order valence-electron chi connectivity index (χ1n) is 9.69. The maximum Gasteiger partial charge on any atom is 0.300 e. The van der Waals surface area contributed by atoms with Crippen molar-refractivity contribution < 1.29 is 23.8 Å². The summed E-state index contributed by atoms with van der Waals surface area (Å²) in [7, 11) is 0. The summed E-state index contributed by atoms with van der Waals surface area (Å²) in [5.41, 5.74) is 2.15. The fraction of sp³-hybridized carbons (Fsp3) is 0.125. The summed E-state index contributed by atoms with van der Waals surface area (Å²) in [4.78, 5) is 27.3. The van der Waals surface area contributed by atoms with Crippen LogP contribution in [0.4, 0.5) is 5.69 Å². The van der Waals surface area contributed by atoms with Crippen LogP contribution >= 0.6 is 0 Å². The number of Topliss-reactive ketones (excluding diaryl/α,β-unsaturated/α-hetero) is 1. The van der Waals surface area contributed by atoms with Crippen LogP contribution in [0.25, 0.3) is 5.76 Å². The molecule has 0 aliphatic carbocycles. The Bertz CT molecular complexity index is 1270. The number of aliphatic hydroxyl groups is 1. The molecule has 0 bridgehead atoms. The van der Waals surface area contributed by atoms with Gasteiger partial charge in [-0.15, -0.1) is 0 Å². The Balaban J connectivity index is 1.67. The van der Waals surface area contributed by atoms with Crippen LogP contribution in [-0.4, -0.2) is 23.4 Å². The van der Waals surface area contributed by atoms with Crippen molar-refractivity contribution in [1.82, 2.24) is 0 Å².